The minimum absolute atomic E-state index is 0.490. The number of likely N-dealkylation sites (N-methyl/N-ethyl adjacent to an activating group) is 1. The van der Waals surface area contributed by atoms with Gasteiger partial charge in [0.15, 0.2) is 0 Å². The van der Waals surface area contributed by atoms with Crippen molar-refractivity contribution in [3.8, 4) is 0 Å². The number of rotatable bonds is 5. The summed E-state index contributed by atoms with van der Waals surface area (Å²) in [4.78, 5) is 2.28. The van der Waals surface area contributed by atoms with Crippen molar-refractivity contribution in [2.45, 2.75) is 45.1 Å². The van der Waals surface area contributed by atoms with E-state index >= 15 is 0 Å². The topological polar surface area (TPSA) is 23.5 Å². The van der Waals surface area contributed by atoms with Crippen molar-refractivity contribution in [2.75, 3.05) is 7.05 Å². The molecular formula is C16H23NO. The molecule has 0 fully saturated rings. The lowest BCUT2D eigenvalue weighted by molar-refractivity contribution is 0.303. The number of benzene rings is 1. The molecule has 0 bridgehead atoms. The Labute approximate surface area is 110 Å². The van der Waals surface area contributed by atoms with Gasteiger partial charge in [-0.3, -0.25) is 0 Å². The molecule has 1 aliphatic rings. The van der Waals surface area contributed by atoms with Gasteiger partial charge in [0, 0.05) is 25.9 Å². The van der Waals surface area contributed by atoms with Crippen LogP contribution in [0, 0.1) is 0 Å². The largest absolute Gasteiger partial charge is 0.510 e. The maximum atomic E-state index is 10.1. The summed E-state index contributed by atoms with van der Waals surface area (Å²) in [6, 6.07) is 10.9. The van der Waals surface area contributed by atoms with E-state index in [9.17, 15) is 5.11 Å². The summed E-state index contributed by atoms with van der Waals surface area (Å²) in [6.45, 7) is 2.22. The first kappa shape index (κ1) is 13.0. The summed E-state index contributed by atoms with van der Waals surface area (Å²) in [7, 11) is 2.11. The predicted octanol–water partition coefficient (Wildman–Crippen LogP) is 3.89. The summed E-state index contributed by atoms with van der Waals surface area (Å²) >= 11 is 0. The number of unbranched alkanes of at least 4 members (excludes halogenated alkanes) is 1. The van der Waals surface area contributed by atoms with E-state index in [1.807, 2.05) is 6.07 Å². The van der Waals surface area contributed by atoms with Gasteiger partial charge >= 0.3 is 0 Å². The smallest absolute Gasteiger partial charge is 0.114 e. The molecule has 1 heterocycles. The van der Waals surface area contributed by atoms with Gasteiger partial charge in [0.25, 0.3) is 0 Å². The van der Waals surface area contributed by atoms with Crippen LogP contribution in [0.25, 0.3) is 0 Å². The van der Waals surface area contributed by atoms with Crippen molar-refractivity contribution >= 4 is 0 Å². The lowest BCUT2D eigenvalue weighted by Crippen LogP contribution is -2.26. The molecule has 0 radical (unpaired) electrons. The lowest BCUT2D eigenvalue weighted by Gasteiger charge is -2.24. The second-order valence-electron chi connectivity index (χ2n) is 5.17. The van der Waals surface area contributed by atoms with Gasteiger partial charge in [-0.05, 0) is 12.0 Å². The Kier molecular flexibility index (Phi) is 4.29. The molecule has 0 spiro atoms. The van der Waals surface area contributed by atoms with Crippen LogP contribution in [0.1, 0.15) is 38.2 Å². The molecule has 0 amide bonds. The fraction of sp³-hybridized carbons (Fsp3) is 0.500. The first-order valence-electron chi connectivity index (χ1n) is 6.90. The summed E-state index contributed by atoms with van der Waals surface area (Å²) in [6.07, 6.45) is 5.29. The molecule has 0 saturated heterocycles. The fourth-order valence-electron chi connectivity index (χ4n) is 2.65. The molecule has 0 aliphatic carbocycles. The highest BCUT2D eigenvalue weighted by molar-refractivity contribution is 5.25. The van der Waals surface area contributed by atoms with E-state index in [0.717, 1.165) is 18.5 Å². The fourth-order valence-corrected chi connectivity index (χ4v) is 2.65. The quantitative estimate of drug-likeness (QED) is 0.850. The number of nitrogens with zero attached hydrogens (tertiary/aromatic N) is 1. The minimum Gasteiger partial charge on any atom is -0.510 e. The molecule has 1 aromatic carbocycles. The van der Waals surface area contributed by atoms with E-state index in [1.54, 1.807) is 0 Å². The van der Waals surface area contributed by atoms with Gasteiger partial charge in [-0.25, -0.2) is 0 Å². The number of hydrogen-bond acceptors (Lipinski definition) is 2. The SMILES string of the molecule is CCCC[C@H]1CC(O)=C(Cc2ccccc2)N1C. The first-order chi connectivity index (χ1) is 8.72. The maximum Gasteiger partial charge on any atom is 0.114 e. The van der Waals surface area contributed by atoms with Gasteiger partial charge in [0.05, 0.1) is 5.70 Å². The van der Waals surface area contributed by atoms with E-state index < -0.39 is 0 Å². The van der Waals surface area contributed by atoms with Crippen LogP contribution in [-0.4, -0.2) is 23.1 Å². The molecule has 2 rings (SSSR count). The van der Waals surface area contributed by atoms with Crippen LogP contribution >= 0.6 is 0 Å². The molecule has 1 aliphatic heterocycles. The molecule has 1 N–H and O–H groups in total. The van der Waals surface area contributed by atoms with Crippen molar-refractivity contribution < 1.29 is 5.11 Å². The second kappa shape index (κ2) is 5.94. The van der Waals surface area contributed by atoms with Crippen LogP contribution in [-0.2, 0) is 6.42 Å². The third-order valence-corrected chi connectivity index (χ3v) is 3.84. The van der Waals surface area contributed by atoms with Crippen LogP contribution in [0.5, 0.6) is 0 Å². The van der Waals surface area contributed by atoms with Crippen LogP contribution in [0.2, 0.25) is 0 Å². The molecule has 0 aromatic heterocycles. The number of aliphatic hydroxyl groups excluding tert-OH is 1. The van der Waals surface area contributed by atoms with Crippen LogP contribution < -0.4 is 0 Å². The molecular weight excluding hydrogens is 222 g/mol. The molecule has 2 heteroatoms. The predicted molar refractivity (Wildman–Crippen MR) is 75.5 cm³/mol. The minimum atomic E-state index is 0.490. The Bertz CT molecular complexity index is 410. The van der Waals surface area contributed by atoms with Crippen molar-refractivity contribution in [1.82, 2.24) is 4.90 Å². The highest BCUT2D eigenvalue weighted by atomic mass is 16.3. The number of aliphatic hydroxyl groups is 1. The zero-order valence-electron chi connectivity index (χ0n) is 11.4. The van der Waals surface area contributed by atoms with Gasteiger partial charge < -0.3 is 10.0 Å². The van der Waals surface area contributed by atoms with E-state index in [2.05, 4.69) is 43.1 Å². The summed E-state index contributed by atoms with van der Waals surface area (Å²) in [5, 5.41) is 10.1. The Balaban J connectivity index is 2.02. The molecule has 18 heavy (non-hydrogen) atoms. The Morgan fingerprint density at radius 3 is 2.67 bits per heavy atom. The average molecular weight is 245 g/mol. The summed E-state index contributed by atoms with van der Waals surface area (Å²) in [5.74, 6) is 0.586. The van der Waals surface area contributed by atoms with E-state index in [-0.39, 0.29) is 0 Å². The van der Waals surface area contributed by atoms with Crippen LogP contribution in [0.4, 0.5) is 0 Å². The summed E-state index contributed by atoms with van der Waals surface area (Å²) < 4.78 is 0. The molecule has 1 atom stereocenters. The van der Waals surface area contributed by atoms with Gasteiger partial charge in [-0.15, -0.1) is 0 Å². The highest BCUT2D eigenvalue weighted by Crippen LogP contribution is 2.30. The normalized spacial score (nSPS) is 19.7. The van der Waals surface area contributed by atoms with E-state index in [1.165, 1.54) is 24.8 Å². The second-order valence-corrected chi connectivity index (χ2v) is 5.17. The number of allylic oxidation sites excluding steroid dienone is 1. The third kappa shape index (κ3) is 2.87. The Hall–Kier alpha value is -1.44. The van der Waals surface area contributed by atoms with Crippen molar-refractivity contribution in [3.05, 3.63) is 47.4 Å². The molecule has 1 aromatic rings. The van der Waals surface area contributed by atoms with Crippen LogP contribution in [0.15, 0.2) is 41.8 Å². The maximum absolute atomic E-state index is 10.1. The van der Waals surface area contributed by atoms with Crippen molar-refractivity contribution in [1.29, 1.82) is 0 Å². The van der Waals surface area contributed by atoms with Crippen molar-refractivity contribution in [3.63, 3.8) is 0 Å². The van der Waals surface area contributed by atoms with Gasteiger partial charge in [0.1, 0.15) is 5.76 Å². The molecule has 0 saturated carbocycles. The standard InChI is InChI=1S/C16H23NO/c1-3-4-10-14-12-16(18)15(17(14)2)11-13-8-6-5-7-9-13/h5-9,14,18H,3-4,10-12H2,1-2H3/t14-/m0/s1. The van der Waals surface area contributed by atoms with Gasteiger partial charge in [-0.1, -0.05) is 50.1 Å². The number of hydrogen-bond donors (Lipinski definition) is 1. The highest BCUT2D eigenvalue weighted by Gasteiger charge is 2.28. The monoisotopic (exact) mass is 245 g/mol. The molecule has 0 unspecified atom stereocenters. The Morgan fingerprint density at radius 2 is 2.00 bits per heavy atom. The zero-order chi connectivity index (χ0) is 13.0. The lowest BCUT2D eigenvalue weighted by atomic mass is 10.1. The molecule has 2 nitrogen and oxygen atoms in total. The van der Waals surface area contributed by atoms with E-state index in [0.29, 0.717) is 11.8 Å². The van der Waals surface area contributed by atoms with Crippen LogP contribution in [0.3, 0.4) is 0 Å². The van der Waals surface area contributed by atoms with Gasteiger partial charge in [0.2, 0.25) is 0 Å². The molecule has 98 valence electrons. The summed E-state index contributed by atoms with van der Waals surface area (Å²) in [5.41, 5.74) is 2.37. The van der Waals surface area contributed by atoms with Crippen molar-refractivity contribution in [2.24, 2.45) is 0 Å². The Morgan fingerprint density at radius 1 is 1.28 bits per heavy atom. The van der Waals surface area contributed by atoms with E-state index in [4.69, 9.17) is 0 Å². The average Bonchev–Trinajstić information content (AvgIpc) is 2.65. The first-order valence-corrected chi connectivity index (χ1v) is 6.90. The third-order valence-electron chi connectivity index (χ3n) is 3.84. The van der Waals surface area contributed by atoms with Gasteiger partial charge in [-0.2, -0.15) is 0 Å². The zero-order valence-corrected chi connectivity index (χ0v) is 11.4.